The topological polar surface area (TPSA) is 83.4 Å². The third kappa shape index (κ3) is 3.68. The Kier molecular flexibility index (Phi) is 5.53. The fraction of sp³-hybridized carbons (Fsp3) is 0.182. The summed E-state index contributed by atoms with van der Waals surface area (Å²) >= 11 is 4.72. The molecular weight excluding hydrogens is 466 g/mol. The largest absolute Gasteiger partial charge is 0.503 e. The molecule has 1 N–H and O–H groups in total. The minimum atomic E-state index is -0.718. The number of rotatable bonds is 5. The van der Waals surface area contributed by atoms with Crippen LogP contribution in [-0.2, 0) is 11.3 Å². The van der Waals surface area contributed by atoms with Crippen molar-refractivity contribution >= 4 is 39.0 Å². The molecule has 0 bridgehead atoms. The van der Waals surface area contributed by atoms with Crippen LogP contribution < -0.4 is 0 Å². The average molecular weight is 484 g/mol. The summed E-state index contributed by atoms with van der Waals surface area (Å²) in [7, 11) is 0. The van der Waals surface area contributed by atoms with Crippen molar-refractivity contribution in [1.82, 2.24) is 14.9 Å². The van der Waals surface area contributed by atoms with Crippen molar-refractivity contribution in [2.45, 2.75) is 26.4 Å². The van der Waals surface area contributed by atoms with Gasteiger partial charge < -0.3 is 10.0 Å². The van der Waals surface area contributed by atoms with Crippen molar-refractivity contribution in [2.75, 3.05) is 0 Å². The highest BCUT2D eigenvalue weighted by molar-refractivity contribution is 9.10. The Hall–Kier alpha value is -2.84. The van der Waals surface area contributed by atoms with Crippen LogP contribution in [0.5, 0.6) is 0 Å². The average Bonchev–Trinajstić information content (AvgIpc) is 3.19. The molecule has 0 unspecified atom stereocenters. The fourth-order valence-electron chi connectivity index (χ4n) is 3.62. The first kappa shape index (κ1) is 20.4. The van der Waals surface area contributed by atoms with E-state index in [0.717, 1.165) is 20.6 Å². The van der Waals surface area contributed by atoms with E-state index < -0.39 is 17.7 Å². The maximum Gasteiger partial charge on any atom is 0.290 e. The summed E-state index contributed by atoms with van der Waals surface area (Å²) in [5.74, 6) is -1.46. The van der Waals surface area contributed by atoms with Gasteiger partial charge in [-0.05, 0) is 43.2 Å². The molecule has 0 saturated heterocycles. The van der Waals surface area contributed by atoms with Gasteiger partial charge in [-0.2, -0.15) is 0 Å². The molecule has 6 nitrogen and oxygen atoms in total. The summed E-state index contributed by atoms with van der Waals surface area (Å²) in [5.41, 5.74) is 2.20. The molecule has 3 aromatic rings. The molecule has 0 aliphatic carbocycles. The number of amides is 1. The van der Waals surface area contributed by atoms with Crippen LogP contribution in [0.15, 0.2) is 64.6 Å². The number of aryl methyl sites for hydroxylation is 2. The first-order valence-electron chi connectivity index (χ1n) is 9.24. The Morgan fingerprint density at radius 2 is 2.07 bits per heavy atom. The smallest absolute Gasteiger partial charge is 0.290 e. The van der Waals surface area contributed by atoms with Gasteiger partial charge in [0, 0.05) is 23.4 Å². The number of nitrogens with zero attached hydrogens (tertiary/aromatic N) is 3. The number of pyridine rings is 1. The number of carbonyl (C=O) groups is 2. The number of halogens is 1. The summed E-state index contributed by atoms with van der Waals surface area (Å²) in [4.78, 5) is 36.9. The van der Waals surface area contributed by atoms with E-state index in [0.29, 0.717) is 10.6 Å². The van der Waals surface area contributed by atoms with Gasteiger partial charge in [-0.15, -0.1) is 11.3 Å². The summed E-state index contributed by atoms with van der Waals surface area (Å²) in [6, 6.07) is 10.3. The quantitative estimate of drug-likeness (QED) is 0.531. The lowest BCUT2D eigenvalue weighted by Gasteiger charge is -2.27. The van der Waals surface area contributed by atoms with Crippen molar-refractivity contribution in [2.24, 2.45) is 0 Å². The van der Waals surface area contributed by atoms with Gasteiger partial charge in [-0.25, -0.2) is 4.98 Å². The molecule has 2 aromatic heterocycles. The fourth-order valence-corrected chi connectivity index (χ4v) is 4.92. The molecule has 4 rings (SSSR count). The molecule has 1 atom stereocenters. The number of aromatic nitrogens is 2. The second kappa shape index (κ2) is 8.12. The third-order valence-electron chi connectivity index (χ3n) is 4.90. The van der Waals surface area contributed by atoms with Gasteiger partial charge in [-0.3, -0.25) is 14.6 Å². The zero-order chi connectivity index (χ0) is 21.4. The molecule has 0 saturated carbocycles. The maximum atomic E-state index is 13.5. The summed E-state index contributed by atoms with van der Waals surface area (Å²) in [5, 5.41) is 11.5. The first-order valence-corrected chi connectivity index (χ1v) is 10.8. The Balaban J connectivity index is 1.83. The van der Waals surface area contributed by atoms with Crippen molar-refractivity contribution in [3.63, 3.8) is 0 Å². The molecule has 1 amide bonds. The molecule has 3 heterocycles. The molecule has 152 valence electrons. The van der Waals surface area contributed by atoms with E-state index in [-0.39, 0.29) is 17.9 Å². The van der Waals surface area contributed by atoms with Crippen LogP contribution in [0.3, 0.4) is 0 Å². The second-order valence-electron chi connectivity index (χ2n) is 6.99. The highest BCUT2D eigenvalue weighted by Crippen LogP contribution is 2.41. The van der Waals surface area contributed by atoms with Crippen LogP contribution in [-0.4, -0.2) is 31.7 Å². The lowest BCUT2D eigenvalue weighted by atomic mass is 9.95. The zero-order valence-electron chi connectivity index (χ0n) is 16.3. The number of hydrogen-bond acceptors (Lipinski definition) is 6. The number of aliphatic hydroxyl groups excluding tert-OH is 1. The van der Waals surface area contributed by atoms with Gasteiger partial charge in [0.1, 0.15) is 0 Å². The van der Waals surface area contributed by atoms with Crippen molar-refractivity contribution in [3.05, 3.63) is 91.3 Å². The van der Waals surface area contributed by atoms with E-state index in [2.05, 4.69) is 25.9 Å². The minimum Gasteiger partial charge on any atom is -0.503 e. The van der Waals surface area contributed by atoms with Crippen LogP contribution in [0.25, 0.3) is 0 Å². The predicted molar refractivity (Wildman–Crippen MR) is 117 cm³/mol. The number of benzene rings is 1. The van der Waals surface area contributed by atoms with Gasteiger partial charge in [0.05, 0.1) is 27.2 Å². The lowest BCUT2D eigenvalue weighted by Crippen LogP contribution is -2.30. The van der Waals surface area contributed by atoms with Crippen molar-refractivity contribution in [3.8, 4) is 0 Å². The maximum absolute atomic E-state index is 13.5. The Bertz CT molecular complexity index is 1170. The molecule has 1 aliphatic rings. The van der Waals surface area contributed by atoms with Crippen LogP contribution in [0, 0.1) is 13.8 Å². The first-order chi connectivity index (χ1) is 14.4. The van der Waals surface area contributed by atoms with Gasteiger partial charge in [0.15, 0.2) is 5.76 Å². The normalized spacial score (nSPS) is 16.4. The van der Waals surface area contributed by atoms with E-state index in [1.807, 2.05) is 37.3 Å². The summed E-state index contributed by atoms with van der Waals surface area (Å²) in [6.45, 7) is 3.79. The molecule has 0 spiro atoms. The van der Waals surface area contributed by atoms with Gasteiger partial charge in [0.25, 0.3) is 5.91 Å². The van der Waals surface area contributed by atoms with E-state index >= 15 is 0 Å². The molecular formula is C22H18BrN3O3S. The minimum absolute atomic E-state index is 0.0775. The molecule has 0 radical (unpaired) electrons. The molecule has 1 aromatic carbocycles. The number of carbonyl (C=O) groups excluding carboxylic acids is 2. The number of Topliss-reactive ketones (excluding diaryl/α,β-unsaturated/α-hetero) is 1. The summed E-state index contributed by atoms with van der Waals surface area (Å²) in [6.07, 6.45) is 3.32. The van der Waals surface area contributed by atoms with Crippen LogP contribution in [0.1, 0.15) is 37.5 Å². The SMILES string of the molecule is Cc1nc(C)c(C(=O)C2=C(O)C(=O)N(Cc3cccnc3)[C@H]2c2cccc(Br)c2)s1. The Labute approximate surface area is 186 Å². The highest BCUT2D eigenvalue weighted by atomic mass is 79.9. The number of thiazole rings is 1. The van der Waals surface area contributed by atoms with Crippen molar-refractivity contribution < 1.29 is 14.7 Å². The van der Waals surface area contributed by atoms with E-state index in [9.17, 15) is 14.7 Å². The number of ketones is 1. The van der Waals surface area contributed by atoms with Crippen LogP contribution in [0.4, 0.5) is 0 Å². The second-order valence-corrected chi connectivity index (χ2v) is 9.11. The highest BCUT2D eigenvalue weighted by Gasteiger charge is 2.44. The van der Waals surface area contributed by atoms with Crippen LogP contribution in [0.2, 0.25) is 0 Å². The number of aliphatic hydroxyl groups is 1. The lowest BCUT2D eigenvalue weighted by molar-refractivity contribution is -0.130. The third-order valence-corrected chi connectivity index (χ3v) is 6.46. The zero-order valence-corrected chi connectivity index (χ0v) is 18.7. The van der Waals surface area contributed by atoms with Gasteiger partial charge >= 0.3 is 0 Å². The van der Waals surface area contributed by atoms with Gasteiger partial charge in [-0.1, -0.05) is 34.1 Å². The van der Waals surface area contributed by atoms with Crippen LogP contribution >= 0.6 is 27.3 Å². The molecule has 1 aliphatic heterocycles. The molecule has 30 heavy (non-hydrogen) atoms. The predicted octanol–water partition coefficient (Wildman–Crippen LogP) is 4.70. The van der Waals surface area contributed by atoms with Gasteiger partial charge in [0.2, 0.25) is 5.78 Å². The van der Waals surface area contributed by atoms with E-state index in [1.54, 1.807) is 25.4 Å². The monoisotopic (exact) mass is 483 g/mol. The summed E-state index contributed by atoms with van der Waals surface area (Å²) < 4.78 is 0.816. The van der Waals surface area contributed by atoms with E-state index in [4.69, 9.17) is 0 Å². The number of hydrogen-bond donors (Lipinski definition) is 1. The molecule has 8 heteroatoms. The Morgan fingerprint density at radius 1 is 1.27 bits per heavy atom. The Morgan fingerprint density at radius 3 is 2.70 bits per heavy atom. The molecule has 0 fully saturated rings. The standard InChI is InChI=1S/C22H18BrN3O3S/c1-12-21(30-13(2)25-12)19(27)17-18(15-6-3-7-16(23)9-15)26(22(29)20(17)28)11-14-5-4-8-24-10-14/h3-10,18,28H,11H2,1-2H3/t18-/m0/s1. The van der Waals surface area contributed by atoms with E-state index in [1.165, 1.54) is 16.2 Å². The van der Waals surface area contributed by atoms with Crippen molar-refractivity contribution in [1.29, 1.82) is 0 Å².